The minimum Gasteiger partial charge on any atom is -0.454 e. The van der Waals surface area contributed by atoms with Crippen molar-refractivity contribution in [1.29, 1.82) is 0 Å². The minimum absolute atomic E-state index is 0.0456. The van der Waals surface area contributed by atoms with E-state index in [1.807, 2.05) is 19.1 Å². The molecule has 0 spiro atoms. The van der Waals surface area contributed by atoms with Gasteiger partial charge in [0.25, 0.3) is 15.9 Å². The third-order valence-electron chi connectivity index (χ3n) is 5.08. The maximum absolute atomic E-state index is 13.4. The maximum Gasteiger partial charge on any atom is 0.261 e. The van der Waals surface area contributed by atoms with Crippen LogP contribution in [0.4, 0.5) is 10.1 Å². The normalized spacial score (nSPS) is 13.5. The monoisotopic (exact) mass is 456 g/mol. The van der Waals surface area contributed by atoms with E-state index in [1.165, 1.54) is 43.3 Å². The van der Waals surface area contributed by atoms with E-state index in [1.54, 1.807) is 6.07 Å². The third kappa shape index (κ3) is 4.52. The maximum atomic E-state index is 13.4. The summed E-state index contributed by atoms with van der Waals surface area (Å²) in [6.07, 6.45) is 0. The fraction of sp³-hybridized carbons (Fsp3) is 0.174. The molecule has 4 rings (SSSR count). The first-order valence-corrected chi connectivity index (χ1v) is 11.3. The molecule has 7 nitrogen and oxygen atoms in total. The Morgan fingerprint density at radius 3 is 2.44 bits per heavy atom. The van der Waals surface area contributed by atoms with Gasteiger partial charge in [0.15, 0.2) is 11.5 Å². The first-order chi connectivity index (χ1) is 15.2. The number of amides is 1. The zero-order valence-corrected chi connectivity index (χ0v) is 18.2. The van der Waals surface area contributed by atoms with E-state index < -0.39 is 15.8 Å². The Balaban J connectivity index is 1.42. The van der Waals surface area contributed by atoms with E-state index in [4.69, 9.17) is 9.47 Å². The molecule has 0 aliphatic carbocycles. The van der Waals surface area contributed by atoms with Gasteiger partial charge in [0, 0.05) is 11.3 Å². The summed E-state index contributed by atoms with van der Waals surface area (Å²) in [5.74, 6) is 0.519. The van der Waals surface area contributed by atoms with Gasteiger partial charge in [0.1, 0.15) is 5.82 Å². The lowest BCUT2D eigenvalue weighted by atomic mass is 10.1. The number of carbonyl (C=O) groups is 1. The standard InChI is InChI=1S/C23H21FN2O5S/c1-14-11-19(8-9-20(14)24)32(28,29)26-18-6-3-16(4-7-18)23(27)25-15(2)17-5-10-21-22(12-17)31-13-30-21/h3-12,15,26H,13H2,1-2H3,(H,25,27). The number of hydrogen-bond acceptors (Lipinski definition) is 5. The number of benzene rings is 3. The van der Waals surface area contributed by atoms with E-state index in [9.17, 15) is 17.6 Å². The third-order valence-corrected chi connectivity index (χ3v) is 6.46. The lowest BCUT2D eigenvalue weighted by Gasteiger charge is -2.15. The van der Waals surface area contributed by atoms with Crippen molar-refractivity contribution in [2.24, 2.45) is 0 Å². The van der Waals surface area contributed by atoms with Gasteiger partial charge in [-0.25, -0.2) is 12.8 Å². The van der Waals surface area contributed by atoms with Crippen molar-refractivity contribution in [3.8, 4) is 11.5 Å². The zero-order chi connectivity index (χ0) is 22.9. The number of rotatable bonds is 6. The molecule has 1 aliphatic heterocycles. The first kappa shape index (κ1) is 21.6. The summed E-state index contributed by atoms with van der Waals surface area (Å²) in [5, 5.41) is 2.90. The van der Waals surface area contributed by atoms with Gasteiger partial charge in [-0.1, -0.05) is 6.07 Å². The van der Waals surface area contributed by atoms with Crippen LogP contribution >= 0.6 is 0 Å². The molecule has 0 saturated heterocycles. The smallest absolute Gasteiger partial charge is 0.261 e. The molecule has 32 heavy (non-hydrogen) atoms. The quantitative estimate of drug-likeness (QED) is 0.581. The Bertz CT molecular complexity index is 1280. The largest absolute Gasteiger partial charge is 0.454 e. The molecule has 0 aromatic heterocycles. The summed E-state index contributed by atoms with van der Waals surface area (Å²) < 4.78 is 51.6. The van der Waals surface area contributed by atoms with Crippen LogP contribution in [0.25, 0.3) is 0 Å². The SMILES string of the molecule is Cc1cc(S(=O)(=O)Nc2ccc(C(=O)NC(C)c3ccc4c(c3)OCO4)cc2)ccc1F. The van der Waals surface area contributed by atoms with Gasteiger partial charge in [-0.2, -0.15) is 0 Å². The fourth-order valence-electron chi connectivity index (χ4n) is 3.23. The number of carbonyl (C=O) groups excluding carboxylic acids is 1. The van der Waals surface area contributed by atoms with Crippen LogP contribution in [-0.4, -0.2) is 21.1 Å². The van der Waals surface area contributed by atoms with Crippen molar-refractivity contribution in [3.05, 3.63) is 83.2 Å². The summed E-state index contributed by atoms with van der Waals surface area (Å²) in [4.78, 5) is 12.6. The average Bonchev–Trinajstić information content (AvgIpc) is 3.23. The highest BCUT2D eigenvalue weighted by molar-refractivity contribution is 7.92. The van der Waals surface area contributed by atoms with Gasteiger partial charge in [0.2, 0.25) is 6.79 Å². The first-order valence-electron chi connectivity index (χ1n) is 9.82. The molecule has 166 valence electrons. The second-order valence-corrected chi connectivity index (χ2v) is 9.08. The van der Waals surface area contributed by atoms with Crippen LogP contribution < -0.4 is 19.5 Å². The summed E-state index contributed by atoms with van der Waals surface area (Å²) in [5.41, 5.74) is 1.75. The fourth-order valence-corrected chi connectivity index (χ4v) is 4.38. The Hall–Kier alpha value is -3.59. The molecular formula is C23H21FN2O5S. The molecule has 1 aliphatic rings. The van der Waals surface area contributed by atoms with E-state index in [2.05, 4.69) is 10.0 Å². The van der Waals surface area contributed by atoms with Crippen LogP contribution in [0.3, 0.4) is 0 Å². The molecule has 1 amide bonds. The van der Waals surface area contributed by atoms with Crippen molar-refractivity contribution in [2.75, 3.05) is 11.5 Å². The summed E-state index contributed by atoms with van der Waals surface area (Å²) >= 11 is 0. The Morgan fingerprint density at radius 2 is 1.72 bits per heavy atom. The topological polar surface area (TPSA) is 93.7 Å². The second kappa shape index (κ2) is 8.51. The van der Waals surface area contributed by atoms with Crippen LogP contribution in [0.2, 0.25) is 0 Å². The number of anilines is 1. The van der Waals surface area contributed by atoms with Crippen molar-refractivity contribution >= 4 is 21.6 Å². The van der Waals surface area contributed by atoms with Crippen LogP contribution in [0.15, 0.2) is 65.6 Å². The number of sulfonamides is 1. The molecule has 9 heteroatoms. The van der Waals surface area contributed by atoms with Crippen molar-refractivity contribution in [1.82, 2.24) is 5.32 Å². The molecular weight excluding hydrogens is 435 g/mol. The highest BCUT2D eigenvalue weighted by atomic mass is 32.2. The number of ether oxygens (including phenoxy) is 2. The van der Waals surface area contributed by atoms with Crippen molar-refractivity contribution in [3.63, 3.8) is 0 Å². The van der Waals surface area contributed by atoms with E-state index in [0.29, 0.717) is 17.1 Å². The van der Waals surface area contributed by atoms with E-state index in [-0.39, 0.29) is 34.9 Å². The number of aryl methyl sites for hydroxylation is 1. The van der Waals surface area contributed by atoms with Gasteiger partial charge in [-0.05, 0) is 79.6 Å². The molecule has 3 aromatic carbocycles. The molecule has 1 atom stereocenters. The summed E-state index contributed by atoms with van der Waals surface area (Å²) in [6.45, 7) is 3.52. The van der Waals surface area contributed by atoms with Crippen molar-refractivity contribution in [2.45, 2.75) is 24.8 Å². The van der Waals surface area contributed by atoms with Gasteiger partial charge < -0.3 is 14.8 Å². The number of hydrogen-bond donors (Lipinski definition) is 2. The molecule has 0 fully saturated rings. The van der Waals surface area contributed by atoms with Gasteiger partial charge >= 0.3 is 0 Å². The summed E-state index contributed by atoms with van der Waals surface area (Å²) in [6, 6.07) is 14.8. The predicted octanol–water partition coefficient (Wildman–Crippen LogP) is 4.15. The Kier molecular flexibility index (Phi) is 5.75. The van der Waals surface area contributed by atoms with Gasteiger partial charge in [-0.3, -0.25) is 9.52 Å². The molecule has 0 bridgehead atoms. The average molecular weight is 456 g/mol. The Morgan fingerprint density at radius 1 is 1.00 bits per heavy atom. The molecule has 1 unspecified atom stereocenters. The van der Waals surface area contributed by atoms with E-state index in [0.717, 1.165) is 11.6 Å². The molecule has 3 aromatic rings. The van der Waals surface area contributed by atoms with Crippen LogP contribution in [0, 0.1) is 12.7 Å². The second-order valence-electron chi connectivity index (χ2n) is 7.40. The highest BCUT2D eigenvalue weighted by Crippen LogP contribution is 2.34. The molecule has 2 N–H and O–H groups in total. The molecule has 1 heterocycles. The molecule has 0 saturated carbocycles. The lowest BCUT2D eigenvalue weighted by Crippen LogP contribution is -2.26. The zero-order valence-electron chi connectivity index (χ0n) is 17.4. The van der Waals surface area contributed by atoms with E-state index >= 15 is 0 Å². The number of nitrogens with one attached hydrogen (secondary N) is 2. The van der Waals surface area contributed by atoms with Crippen LogP contribution in [-0.2, 0) is 10.0 Å². The van der Waals surface area contributed by atoms with Crippen LogP contribution in [0.5, 0.6) is 11.5 Å². The number of fused-ring (bicyclic) bond motifs is 1. The predicted molar refractivity (Wildman–Crippen MR) is 117 cm³/mol. The lowest BCUT2D eigenvalue weighted by molar-refractivity contribution is 0.0939. The van der Waals surface area contributed by atoms with Crippen LogP contribution in [0.1, 0.15) is 34.5 Å². The molecule has 0 radical (unpaired) electrons. The van der Waals surface area contributed by atoms with Crippen molar-refractivity contribution < 1.29 is 27.1 Å². The highest BCUT2D eigenvalue weighted by Gasteiger charge is 2.18. The minimum atomic E-state index is -3.89. The van der Waals surface area contributed by atoms with Gasteiger partial charge in [0.05, 0.1) is 10.9 Å². The number of halogens is 1. The van der Waals surface area contributed by atoms with Gasteiger partial charge in [-0.15, -0.1) is 0 Å². The Labute approximate surface area is 185 Å². The summed E-state index contributed by atoms with van der Waals surface area (Å²) in [7, 11) is -3.89.